The lowest BCUT2D eigenvalue weighted by atomic mass is 10.2. The van der Waals surface area contributed by atoms with Gasteiger partial charge in [-0.25, -0.2) is 0 Å². The van der Waals surface area contributed by atoms with Gasteiger partial charge in [0, 0.05) is 5.92 Å². The first-order chi connectivity index (χ1) is 2.64. The highest BCUT2D eigenvalue weighted by molar-refractivity contribution is 5.85. The van der Waals surface area contributed by atoms with E-state index in [4.69, 9.17) is 11.1 Å². The maximum Gasteiger partial charge on any atom is 1.00 e. The van der Waals surface area contributed by atoms with Crippen molar-refractivity contribution >= 4 is 30.6 Å². The number of amidine groups is 1. The number of rotatable bonds is 1. The van der Waals surface area contributed by atoms with Crippen LogP contribution in [0.15, 0.2) is 0 Å². The number of hydrogen-bond acceptors (Lipinski definition) is 1. The Hall–Kier alpha value is 0.0500. The van der Waals surface area contributed by atoms with Crippen molar-refractivity contribution in [3.63, 3.8) is 0 Å². The van der Waals surface area contributed by atoms with Gasteiger partial charge in [-0.2, -0.15) is 0 Å². The molecule has 0 amide bonds. The zero-order chi connectivity index (χ0) is 5.15. The Morgan fingerprint density at radius 2 is 1.62 bits per heavy atom. The van der Waals surface area contributed by atoms with Crippen LogP contribution in [0.25, 0.3) is 0 Å². The van der Waals surface area contributed by atoms with Gasteiger partial charge in [0.25, 0.3) is 0 Å². The molecule has 0 aromatic rings. The van der Waals surface area contributed by atoms with Gasteiger partial charge in [-0.1, -0.05) is 13.8 Å². The number of nitrogens with two attached hydrogens (primary N) is 1. The van der Waals surface area contributed by atoms with Gasteiger partial charge in [0.2, 0.25) is 0 Å². The molecule has 4 heteroatoms. The Labute approximate surface area is 63.7 Å². The van der Waals surface area contributed by atoms with Crippen LogP contribution in [0.4, 0.5) is 0 Å². The highest BCUT2D eigenvalue weighted by atomic mass is 35.5. The molecule has 0 heterocycles. The second kappa shape index (κ2) is 7.05. The van der Waals surface area contributed by atoms with E-state index in [0.717, 1.165) is 0 Å². The first-order valence-corrected chi connectivity index (χ1v) is 1.98. The van der Waals surface area contributed by atoms with E-state index in [2.05, 4.69) is 0 Å². The number of nitrogens with one attached hydrogen (secondary N) is 1. The molecule has 0 spiro atoms. The van der Waals surface area contributed by atoms with Crippen LogP contribution >= 0.6 is 24.8 Å². The molecule has 0 unspecified atom stereocenters. The van der Waals surface area contributed by atoms with E-state index in [1.165, 1.54) is 0 Å². The molecule has 0 saturated heterocycles. The van der Waals surface area contributed by atoms with E-state index >= 15 is 0 Å². The van der Waals surface area contributed by atoms with Crippen LogP contribution in [0.2, 0.25) is 0 Å². The normalized spacial score (nSPS) is 6.88. The third-order valence-corrected chi connectivity index (χ3v) is 0.622. The van der Waals surface area contributed by atoms with Crippen molar-refractivity contribution in [3.8, 4) is 0 Å². The van der Waals surface area contributed by atoms with Crippen LogP contribution < -0.4 is 5.73 Å². The van der Waals surface area contributed by atoms with E-state index in [1.807, 2.05) is 13.8 Å². The molecule has 0 aromatic heterocycles. The Balaban J connectivity index is -0.0000000417. The van der Waals surface area contributed by atoms with Crippen molar-refractivity contribution < 1.29 is 1.43 Å². The fraction of sp³-hybridized carbons (Fsp3) is 0.750. The van der Waals surface area contributed by atoms with Crippen LogP contribution in [0.1, 0.15) is 15.3 Å². The monoisotopic (exact) mass is 159 g/mol. The lowest BCUT2D eigenvalue weighted by Crippen LogP contribution is -2.16. The molecule has 0 saturated carbocycles. The first kappa shape index (κ1) is 15.7. The fourth-order valence-electron chi connectivity index (χ4n) is 0. The Morgan fingerprint density at radius 3 is 1.62 bits per heavy atom. The van der Waals surface area contributed by atoms with Crippen LogP contribution in [-0.2, 0) is 0 Å². The molecule has 8 heavy (non-hydrogen) atoms. The first-order valence-electron chi connectivity index (χ1n) is 1.98. The van der Waals surface area contributed by atoms with Gasteiger partial charge in [0.15, 0.2) is 0 Å². The summed E-state index contributed by atoms with van der Waals surface area (Å²) < 4.78 is 0. The summed E-state index contributed by atoms with van der Waals surface area (Å²) in [5.74, 6) is 0.472. The molecule has 52 valence electrons. The summed E-state index contributed by atoms with van der Waals surface area (Å²) in [6.07, 6.45) is 0. The summed E-state index contributed by atoms with van der Waals surface area (Å²) in [5, 5.41) is 6.73. The molecular formula is C4H13Cl2N2+. The lowest BCUT2D eigenvalue weighted by molar-refractivity contribution is 0.865. The molecule has 0 atom stereocenters. The molecule has 0 rings (SSSR count). The van der Waals surface area contributed by atoms with E-state index in [0.29, 0.717) is 0 Å². The van der Waals surface area contributed by atoms with Gasteiger partial charge >= 0.3 is 1.43 Å². The van der Waals surface area contributed by atoms with Gasteiger partial charge in [0.05, 0.1) is 5.84 Å². The quantitative estimate of drug-likeness (QED) is 0.443. The smallest absolute Gasteiger partial charge is 0.387 e. The second-order valence-electron chi connectivity index (χ2n) is 1.61. The summed E-state index contributed by atoms with van der Waals surface area (Å²) in [5.41, 5.74) is 5.02. The summed E-state index contributed by atoms with van der Waals surface area (Å²) in [4.78, 5) is 0. The number of halogens is 2. The third-order valence-electron chi connectivity index (χ3n) is 0.622. The molecule has 0 aliphatic heterocycles. The molecule has 3 N–H and O–H groups in total. The Kier molecular flexibility index (Phi) is 13.8. The largest absolute Gasteiger partial charge is 1.00 e. The van der Waals surface area contributed by atoms with E-state index in [1.54, 1.807) is 0 Å². The maximum atomic E-state index is 6.73. The average Bonchev–Trinajstić information content (AvgIpc) is 1.36. The predicted octanol–water partition coefficient (Wildman–Crippen LogP) is 1.53. The number of hydrogen-bond donors (Lipinski definition) is 2. The van der Waals surface area contributed by atoms with Gasteiger partial charge in [-0.05, 0) is 0 Å². The summed E-state index contributed by atoms with van der Waals surface area (Å²) in [6, 6.07) is 0. The van der Waals surface area contributed by atoms with Crippen LogP contribution in [0.3, 0.4) is 0 Å². The van der Waals surface area contributed by atoms with Crippen LogP contribution in [-0.4, -0.2) is 5.84 Å². The molecule has 0 aliphatic carbocycles. The highest BCUT2D eigenvalue weighted by Crippen LogP contribution is 1.85. The second-order valence-corrected chi connectivity index (χ2v) is 1.61. The molecule has 0 bridgehead atoms. The van der Waals surface area contributed by atoms with E-state index in [-0.39, 0.29) is 38.0 Å². The van der Waals surface area contributed by atoms with Crippen LogP contribution in [0.5, 0.6) is 0 Å². The Bertz CT molecular complexity index is 67.6. The van der Waals surface area contributed by atoms with Crippen molar-refractivity contribution in [1.29, 1.82) is 5.41 Å². The van der Waals surface area contributed by atoms with Crippen molar-refractivity contribution in [2.75, 3.05) is 0 Å². The summed E-state index contributed by atoms with van der Waals surface area (Å²) in [7, 11) is 0. The van der Waals surface area contributed by atoms with Crippen molar-refractivity contribution in [1.82, 2.24) is 0 Å². The van der Waals surface area contributed by atoms with Crippen molar-refractivity contribution in [2.24, 2.45) is 11.7 Å². The standard InChI is InChI=1S/C4H10N2.2ClH/c1-3(2)4(5)6;;/h3H,1-2H3,(H3,5,6);2*1H/p+1. The third kappa shape index (κ3) is 9.41. The molecule has 0 aliphatic rings. The summed E-state index contributed by atoms with van der Waals surface area (Å²) >= 11 is 0. The summed E-state index contributed by atoms with van der Waals surface area (Å²) in [6.45, 7) is 3.78. The van der Waals surface area contributed by atoms with E-state index in [9.17, 15) is 0 Å². The molecule has 0 aromatic carbocycles. The minimum atomic E-state index is 0. The van der Waals surface area contributed by atoms with E-state index < -0.39 is 0 Å². The minimum absolute atomic E-state index is 0. The topological polar surface area (TPSA) is 49.9 Å². The van der Waals surface area contributed by atoms with Crippen molar-refractivity contribution in [3.05, 3.63) is 0 Å². The maximum absolute atomic E-state index is 6.73. The lowest BCUT2D eigenvalue weighted by Gasteiger charge is -1.95. The van der Waals surface area contributed by atoms with Gasteiger partial charge in [-0.15, -0.1) is 24.8 Å². The minimum Gasteiger partial charge on any atom is -0.387 e. The molecule has 2 nitrogen and oxygen atoms in total. The fourth-order valence-corrected chi connectivity index (χ4v) is 0. The zero-order valence-corrected chi connectivity index (χ0v) is 6.60. The van der Waals surface area contributed by atoms with Gasteiger partial charge in [0.1, 0.15) is 0 Å². The predicted molar refractivity (Wildman–Crippen MR) is 42.4 cm³/mol. The molecule has 0 radical (unpaired) electrons. The highest BCUT2D eigenvalue weighted by Gasteiger charge is 1.91. The molecular weight excluding hydrogens is 147 g/mol. The zero-order valence-electron chi connectivity index (χ0n) is 5.97. The SMILES string of the molecule is CC(C)C(=N)N.Cl.Cl.[H+]. The van der Waals surface area contributed by atoms with Gasteiger partial charge < -0.3 is 5.73 Å². The molecule has 0 fully saturated rings. The van der Waals surface area contributed by atoms with Gasteiger partial charge in [-0.3, -0.25) is 5.41 Å². The van der Waals surface area contributed by atoms with Crippen molar-refractivity contribution in [2.45, 2.75) is 13.8 Å². The average molecular weight is 160 g/mol. The van der Waals surface area contributed by atoms with Crippen LogP contribution in [0, 0.1) is 11.3 Å². The Morgan fingerprint density at radius 1 is 1.50 bits per heavy atom.